The van der Waals surface area contributed by atoms with Crippen molar-refractivity contribution in [1.82, 2.24) is 0 Å². The van der Waals surface area contributed by atoms with Crippen molar-refractivity contribution in [2.24, 2.45) is 5.73 Å². The number of thioether (sulfide) groups is 1. The molecule has 0 fully saturated rings. The van der Waals surface area contributed by atoms with Crippen LogP contribution in [0.15, 0.2) is 18.2 Å². The van der Waals surface area contributed by atoms with Gasteiger partial charge in [-0.05, 0) is 22.9 Å². The Balaban J connectivity index is 2.74. The molecule has 84 valence electrons. The van der Waals surface area contributed by atoms with Crippen molar-refractivity contribution in [3.8, 4) is 5.75 Å². The predicted molar refractivity (Wildman–Crippen MR) is 67.3 cm³/mol. The third-order valence-corrected chi connectivity index (χ3v) is 3.31. The number of rotatable bonds is 5. The minimum absolute atomic E-state index is 0.531. The van der Waals surface area contributed by atoms with Crippen LogP contribution < -0.4 is 10.5 Å². The van der Waals surface area contributed by atoms with E-state index in [1.165, 1.54) is 5.56 Å². The maximum atomic E-state index is 5.66. The molecule has 0 bridgehead atoms. The Morgan fingerprint density at radius 2 is 2.13 bits per heavy atom. The van der Waals surface area contributed by atoms with Crippen LogP contribution in [0.25, 0.3) is 0 Å². The molecule has 0 atom stereocenters. The first-order valence-corrected chi connectivity index (χ1v) is 6.19. The molecule has 0 unspecified atom stereocenters. The summed E-state index contributed by atoms with van der Waals surface area (Å²) in [6.07, 6.45) is 0. The zero-order valence-corrected chi connectivity index (χ0v) is 10.4. The average Bonchev–Trinajstić information content (AvgIpc) is 2.25. The Labute approximate surface area is 96.2 Å². The maximum absolute atomic E-state index is 5.66. The van der Waals surface area contributed by atoms with E-state index in [-0.39, 0.29) is 0 Å². The minimum atomic E-state index is 0.531. The fraction of sp³-hybridized carbons (Fsp3) is 0.500. The SMILES string of the molecule is COc1ccc(CSC(C)C)cc1CN. The van der Waals surface area contributed by atoms with E-state index in [1.807, 2.05) is 17.8 Å². The van der Waals surface area contributed by atoms with Crippen molar-refractivity contribution in [2.45, 2.75) is 31.4 Å². The van der Waals surface area contributed by atoms with Gasteiger partial charge in [0.05, 0.1) is 7.11 Å². The van der Waals surface area contributed by atoms with Gasteiger partial charge in [-0.3, -0.25) is 0 Å². The Bertz CT molecular complexity index is 312. The molecule has 0 saturated heterocycles. The summed E-state index contributed by atoms with van der Waals surface area (Å²) in [6, 6.07) is 6.24. The number of hydrogen-bond donors (Lipinski definition) is 1. The first-order valence-electron chi connectivity index (χ1n) is 5.14. The molecule has 1 aromatic rings. The van der Waals surface area contributed by atoms with Crippen LogP contribution in [-0.4, -0.2) is 12.4 Å². The topological polar surface area (TPSA) is 35.2 Å². The zero-order chi connectivity index (χ0) is 11.3. The number of hydrogen-bond acceptors (Lipinski definition) is 3. The Morgan fingerprint density at radius 1 is 1.40 bits per heavy atom. The second-order valence-electron chi connectivity index (χ2n) is 3.71. The molecule has 0 aliphatic heterocycles. The lowest BCUT2D eigenvalue weighted by Crippen LogP contribution is -2.01. The number of benzene rings is 1. The van der Waals surface area contributed by atoms with E-state index in [0.29, 0.717) is 11.8 Å². The van der Waals surface area contributed by atoms with Gasteiger partial charge in [-0.1, -0.05) is 19.9 Å². The molecule has 1 rings (SSSR count). The summed E-state index contributed by atoms with van der Waals surface area (Å²) >= 11 is 1.94. The quantitative estimate of drug-likeness (QED) is 0.837. The molecule has 2 N–H and O–H groups in total. The third-order valence-electron chi connectivity index (χ3n) is 2.15. The summed E-state index contributed by atoms with van der Waals surface area (Å²) in [5.74, 6) is 1.92. The largest absolute Gasteiger partial charge is 0.496 e. The highest BCUT2D eigenvalue weighted by Crippen LogP contribution is 2.23. The van der Waals surface area contributed by atoms with Crippen LogP contribution in [0.1, 0.15) is 25.0 Å². The number of nitrogens with two attached hydrogens (primary N) is 1. The molecule has 0 aliphatic carbocycles. The van der Waals surface area contributed by atoms with E-state index in [4.69, 9.17) is 10.5 Å². The summed E-state index contributed by atoms with van der Waals surface area (Å²) in [6.45, 7) is 4.94. The molecule has 0 saturated carbocycles. The minimum Gasteiger partial charge on any atom is -0.496 e. The van der Waals surface area contributed by atoms with Crippen LogP contribution in [0.4, 0.5) is 0 Å². The molecule has 0 heterocycles. The summed E-state index contributed by atoms with van der Waals surface area (Å²) in [4.78, 5) is 0. The average molecular weight is 225 g/mol. The van der Waals surface area contributed by atoms with Gasteiger partial charge in [-0.15, -0.1) is 0 Å². The second-order valence-corrected chi connectivity index (χ2v) is 5.27. The molecular formula is C12H19NOS. The van der Waals surface area contributed by atoms with Gasteiger partial charge in [0.1, 0.15) is 5.75 Å². The van der Waals surface area contributed by atoms with Crippen molar-refractivity contribution >= 4 is 11.8 Å². The van der Waals surface area contributed by atoms with Crippen LogP contribution in [0.3, 0.4) is 0 Å². The van der Waals surface area contributed by atoms with Gasteiger partial charge in [0.25, 0.3) is 0 Å². The van der Waals surface area contributed by atoms with Gasteiger partial charge in [-0.2, -0.15) is 11.8 Å². The van der Waals surface area contributed by atoms with E-state index in [2.05, 4.69) is 26.0 Å². The lowest BCUT2D eigenvalue weighted by Gasteiger charge is -2.10. The van der Waals surface area contributed by atoms with Gasteiger partial charge < -0.3 is 10.5 Å². The first kappa shape index (κ1) is 12.4. The second kappa shape index (κ2) is 6.03. The normalized spacial score (nSPS) is 10.7. The van der Waals surface area contributed by atoms with E-state index < -0.39 is 0 Å². The maximum Gasteiger partial charge on any atom is 0.123 e. The van der Waals surface area contributed by atoms with Gasteiger partial charge in [0.2, 0.25) is 0 Å². The standard InChI is InChI=1S/C12H19NOS/c1-9(2)15-8-10-4-5-12(14-3)11(6-10)7-13/h4-6,9H,7-8,13H2,1-3H3. The van der Waals surface area contributed by atoms with E-state index in [0.717, 1.165) is 17.1 Å². The fourth-order valence-electron chi connectivity index (χ4n) is 1.34. The highest BCUT2D eigenvalue weighted by atomic mass is 32.2. The van der Waals surface area contributed by atoms with E-state index in [1.54, 1.807) is 7.11 Å². The monoisotopic (exact) mass is 225 g/mol. The van der Waals surface area contributed by atoms with Gasteiger partial charge >= 0.3 is 0 Å². The Kier molecular flexibility index (Phi) is 4.99. The summed E-state index contributed by atoms with van der Waals surface area (Å²) in [7, 11) is 1.68. The molecule has 0 spiro atoms. The van der Waals surface area contributed by atoms with E-state index in [9.17, 15) is 0 Å². The third kappa shape index (κ3) is 3.76. The predicted octanol–water partition coefficient (Wildman–Crippen LogP) is 2.80. The van der Waals surface area contributed by atoms with E-state index >= 15 is 0 Å². The molecular weight excluding hydrogens is 206 g/mol. The van der Waals surface area contributed by atoms with Crippen molar-refractivity contribution in [2.75, 3.05) is 7.11 Å². The van der Waals surface area contributed by atoms with Crippen LogP contribution in [-0.2, 0) is 12.3 Å². The Morgan fingerprint density at radius 3 is 2.67 bits per heavy atom. The zero-order valence-electron chi connectivity index (χ0n) is 9.62. The molecule has 2 nitrogen and oxygen atoms in total. The highest BCUT2D eigenvalue weighted by Gasteiger charge is 2.03. The lowest BCUT2D eigenvalue weighted by atomic mass is 10.1. The highest BCUT2D eigenvalue weighted by molar-refractivity contribution is 7.99. The first-order chi connectivity index (χ1) is 7.17. The van der Waals surface area contributed by atoms with Crippen LogP contribution in [0.2, 0.25) is 0 Å². The molecule has 0 radical (unpaired) electrons. The van der Waals surface area contributed by atoms with Crippen molar-refractivity contribution in [1.29, 1.82) is 0 Å². The molecule has 0 amide bonds. The molecule has 15 heavy (non-hydrogen) atoms. The van der Waals surface area contributed by atoms with Crippen molar-refractivity contribution < 1.29 is 4.74 Å². The van der Waals surface area contributed by atoms with Gasteiger partial charge in [-0.25, -0.2) is 0 Å². The van der Waals surface area contributed by atoms with Gasteiger partial charge in [0.15, 0.2) is 0 Å². The summed E-state index contributed by atoms with van der Waals surface area (Å²) in [5, 5.41) is 0.661. The summed E-state index contributed by atoms with van der Waals surface area (Å²) < 4.78 is 5.23. The number of ether oxygens (including phenoxy) is 1. The van der Waals surface area contributed by atoms with Crippen LogP contribution in [0.5, 0.6) is 5.75 Å². The Hall–Kier alpha value is -0.670. The van der Waals surface area contributed by atoms with Crippen molar-refractivity contribution in [3.05, 3.63) is 29.3 Å². The molecule has 0 aromatic heterocycles. The molecule has 0 aliphatic rings. The lowest BCUT2D eigenvalue weighted by molar-refractivity contribution is 0.409. The van der Waals surface area contributed by atoms with Gasteiger partial charge in [0, 0.05) is 17.9 Å². The smallest absolute Gasteiger partial charge is 0.123 e. The summed E-state index contributed by atoms with van der Waals surface area (Å²) in [5.41, 5.74) is 8.06. The van der Waals surface area contributed by atoms with Crippen LogP contribution in [0, 0.1) is 0 Å². The fourth-order valence-corrected chi connectivity index (χ4v) is 2.05. The molecule has 1 aromatic carbocycles. The number of methoxy groups -OCH3 is 1. The molecule has 3 heteroatoms. The van der Waals surface area contributed by atoms with Crippen molar-refractivity contribution in [3.63, 3.8) is 0 Å². The van der Waals surface area contributed by atoms with Crippen LogP contribution >= 0.6 is 11.8 Å².